The number of hydrogen-bond donors (Lipinski definition) is 0. The Bertz CT molecular complexity index is 408. The molecule has 0 N–H and O–H groups in total. The monoisotopic (exact) mass is 308 g/mol. The number of Topliss-reactive ketones (excluding diaryl/α,β-unsaturated/α-hetero) is 1. The maximum absolute atomic E-state index is 12.9. The lowest BCUT2D eigenvalue weighted by Crippen LogP contribution is -2.38. The molecule has 1 aliphatic heterocycles. The Morgan fingerprint density at radius 3 is 2.45 bits per heavy atom. The maximum atomic E-state index is 12.9. The van der Waals surface area contributed by atoms with Crippen molar-refractivity contribution in [2.45, 2.75) is 105 Å². The third kappa shape index (κ3) is 3.93. The molecule has 2 heteroatoms. The first-order valence-corrected chi connectivity index (χ1v) is 9.35. The zero-order valence-corrected chi connectivity index (χ0v) is 15.6. The van der Waals surface area contributed by atoms with E-state index < -0.39 is 0 Å². The van der Waals surface area contributed by atoms with Crippen LogP contribution in [0.5, 0.6) is 0 Å². The summed E-state index contributed by atoms with van der Waals surface area (Å²) in [5, 5.41) is 0. The lowest BCUT2D eigenvalue weighted by atomic mass is 9.65. The molecule has 2 fully saturated rings. The van der Waals surface area contributed by atoms with E-state index in [-0.39, 0.29) is 11.0 Å². The van der Waals surface area contributed by atoms with Crippen LogP contribution < -0.4 is 0 Å². The van der Waals surface area contributed by atoms with Crippen LogP contribution in [0.1, 0.15) is 92.9 Å². The molecule has 128 valence electrons. The van der Waals surface area contributed by atoms with Crippen LogP contribution in [0, 0.1) is 16.7 Å². The van der Waals surface area contributed by atoms with Gasteiger partial charge in [-0.1, -0.05) is 41.0 Å². The fourth-order valence-corrected chi connectivity index (χ4v) is 4.40. The van der Waals surface area contributed by atoms with Gasteiger partial charge in [0, 0.05) is 11.8 Å². The molecule has 2 rings (SSSR count). The van der Waals surface area contributed by atoms with Gasteiger partial charge < -0.3 is 4.74 Å². The minimum atomic E-state index is -0.0826. The lowest BCUT2D eigenvalue weighted by Gasteiger charge is -2.35. The van der Waals surface area contributed by atoms with Crippen LogP contribution in [-0.2, 0) is 9.53 Å². The van der Waals surface area contributed by atoms with Gasteiger partial charge in [0.15, 0.2) is 0 Å². The van der Waals surface area contributed by atoms with Gasteiger partial charge in [0.25, 0.3) is 0 Å². The molecular weight excluding hydrogens is 272 g/mol. The van der Waals surface area contributed by atoms with E-state index in [1.807, 2.05) is 0 Å². The topological polar surface area (TPSA) is 29.6 Å². The van der Waals surface area contributed by atoms with Crippen molar-refractivity contribution >= 4 is 5.78 Å². The number of carbonyl (C=O) groups excluding carboxylic acids is 1. The molecular formula is C20H36O2. The van der Waals surface area contributed by atoms with Crippen molar-refractivity contribution in [1.29, 1.82) is 0 Å². The minimum Gasteiger partial charge on any atom is -0.366 e. The van der Waals surface area contributed by atoms with Crippen molar-refractivity contribution < 1.29 is 9.53 Å². The van der Waals surface area contributed by atoms with Crippen LogP contribution in [0.3, 0.4) is 0 Å². The van der Waals surface area contributed by atoms with Gasteiger partial charge in [0.2, 0.25) is 0 Å². The van der Waals surface area contributed by atoms with Gasteiger partial charge >= 0.3 is 0 Å². The third-order valence-corrected chi connectivity index (χ3v) is 6.24. The second kappa shape index (κ2) is 6.26. The van der Waals surface area contributed by atoms with Crippen molar-refractivity contribution in [3.63, 3.8) is 0 Å². The molecule has 2 nitrogen and oxygen atoms in total. The Hall–Kier alpha value is -0.370. The first-order valence-electron chi connectivity index (χ1n) is 9.35. The van der Waals surface area contributed by atoms with Gasteiger partial charge in [-0.15, -0.1) is 0 Å². The maximum Gasteiger partial charge on any atom is 0.139 e. The van der Waals surface area contributed by atoms with Crippen LogP contribution in [0.25, 0.3) is 0 Å². The molecule has 22 heavy (non-hydrogen) atoms. The quantitative estimate of drug-likeness (QED) is 0.578. The van der Waals surface area contributed by atoms with E-state index >= 15 is 0 Å². The van der Waals surface area contributed by atoms with Crippen molar-refractivity contribution in [2.75, 3.05) is 0 Å². The molecule has 1 saturated heterocycles. The number of epoxide rings is 1. The molecule has 2 aliphatic rings. The number of fused-ring (bicyclic) bond motifs is 1. The smallest absolute Gasteiger partial charge is 0.139 e. The van der Waals surface area contributed by atoms with Crippen LogP contribution in [0.15, 0.2) is 0 Å². The molecule has 0 spiro atoms. The largest absolute Gasteiger partial charge is 0.366 e. The van der Waals surface area contributed by atoms with E-state index in [0.29, 0.717) is 23.2 Å². The third-order valence-electron chi connectivity index (χ3n) is 6.24. The summed E-state index contributed by atoms with van der Waals surface area (Å²) in [5.74, 6) is 1.20. The zero-order valence-electron chi connectivity index (χ0n) is 15.6. The van der Waals surface area contributed by atoms with E-state index in [1.54, 1.807) is 0 Å². The normalized spacial score (nSPS) is 35.8. The molecule has 4 atom stereocenters. The second-order valence-corrected chi connectivity index (χ2v) is 9.26. The summed E-state index contributed by atoms with van der Waals surface area (Å²) < 4.78 is 5.83. The number of hydrogen-bond acceptors (Lipinski definition) is 2. The van der Waals surface area contributed by atoms with Gasteiger partial charge in [-0.3, -0.25) is 4.79 Å². The SMILES string of the molecule is CCC(CCC(=O)C1(CC)CCC2(C)OC2C1)CC(C)(C)C. The van der Waals surface area contributed by atoms with Crippen LogP contribution in [-0.4, -0.2) is 17.5 Å². The number of carbonyl (C=O) groups is 1. The van der Waals surface area contributed by atoms with Gasteiger partial charge in [0.05, 0.1) is 11.7 Å². The standard InChI is InChI=1S/C20H36O2/c1-7-15(13-18(3,4)5)9-10-16(21)20(8-2)12-11-19(6)17(14-20)22-19/h15,17H,7-14H2,1-6H3. The summed E-state index contributed by atoms with van der Waals surface area (Å²) >= 11 is 0. The van der Waals surface area contributed by atoms with Crippen LogP contribution in [0.4, 0.5) is 0 Å². The van der Waals surface area contributed by atoms with Crippen molar-refractivity contribution in [3.05, 3.63) is 0 Å². The molecule has 0 amide bonds. The highest BCUT2D eigenvalue weighted by molar-refractivity contribution is 5.85. The zero-order chi connectivity index (χ0) is 16.6. The van der Waals surface area contributed by atoms with E-state index in [9.17, 15) is 4.79 Å². The summed E-state index contributed by atoms with van der Waals surface area (Å²) in [6, 6.07) is 0. The molecule has 1 heterocycles. The molecule has 0 aromatic heterocycles. The molecule has 0 aromatic rings. The van der Waals surface area contributed by atoms with Gasteiger partial charge in [-0.2, -0.15) is 0 Å². The van der Waals surface area contributed by atoms with Crippen LogP contribution in [0.2, 0.25) is 0 Å². The Labute approximate surface area is 137 Å². The Balaban J connectivity index is 1.90. The number of ketones is 1. The van der Waals surface area contributed by atoms with E-state index in [4.69, 9.17) is 4.74 Å². The second-order valence-electron chi connectivity index (χ2n) is 9.26. The minimum absolute atomic E-state index is 0.0826. The van der Waals surface area contributed by atoms with E-state index in [2.05, 4.69) is 41.5 Å². The Morgan fingerprint density at radius 1 is 1.27 bits per heavy atom. The van der Waals surface area contributed by atoms with Gasteiger partial charge in [-0.05, 0) is 56.8 Å². The fraction of sp³-hybridized carbons (Fsp3) is 0.950. The highest BCUT2D eigenvalue weighted by Gasteiger charge is 2.60. The summed E-state index contributed by atoms with van der Waals surface area (Å²) in [5.41, 5.74) is 0.387. The van der Waals surface area contributed by atoms with E-state index in [1.165, 1.54) is 12.8 Å². The van der Waals surface area contributed by atoms with Gasteiger partial charge in [-0.25, -0.2) is 0 Å². The lowest BCUT2D eigenvalue weighted by molar-refractivity contribution is -0.131. The van der Waals surface area contributed by atoms with Crippen molar-refractivity contribution in [2.24, 2.45) is 16.7 Å². The average molecular weight is 309 g/mol. The Kier molecular flexibility index (Phi) is 5.12. The number of ether oxygens (including phenoxy) is 1. The highest BCUT2D eigenvalue weighted by atomic mass is 16.6. The predicted molar refractivity (Wildman–Crippen MR) is 91.9 cm³/mol. The number of rotatable bonds is 7. The van der Waals surface area contributed by atoms with Crippen molar-refractivity contribution in [1.82, 2.24) is 0 Å². The molecule has 0 aromatic carbocycles. The van der Waals surface area contributed by atoms with Crippen LogP contribution >= 0.6 is 0 Å². The highest BCUT2D eigenvalue weighted by Crippen LogP contribution is 2.55. The predicted octanol–water partition coefficient (Wildman–Crippen LogP) is 5.54. The molecule has 1 aliphatic carbocycles. The van der Waals surface area contributed by atoms with Gasteiger partial charge in [0.1, 0.15) is 5.78 Å². The summed E-state index contributed by atoms with van der Waals surface area (Å²) in [6.07, 6.45) is 8.65. The fourth-order valence-electron chi connectivity index (χ4n) is 4.40. The first kappa shape index (κ1) is 18.0. The summed E-state index contributed by atoms with van der Waals surface area (Å²) in [6.45, 7) is 13.6. The first-order chi connectivity index (χ1) is 10.1. The average Bonchev–Trinajstić information content (AvgIpc) is 3.11. The summed E-state index contributed by atoms with van der Waals surface area (Å²) in [7, 11) is 0. The van der Waals surface area contributed by atoms with Crippen molar-refractivity contribution in [3.8, 4) is 0 Å². The molecule has 1 saturated carbocycles. The summed E-state index contributed by atoms with van der Waals surface area (Å²) in [4.78, 5) is 12.9. The molecule has 0 bridgehead atoms. The Morgan fingerprint density at radius 2 is 1.95 bits per heavy atom. The molecule has 0 radical (unpaired) electrons. The molecule has 4 unspecified atom stereocenters. The van der Waals surface area contributed by atoms with E-state index in [0.717, 1.165) is 38.5 Å².